The van der Waals surface area contributed by atoms with Gasteiger partial charge in [0.1, 0.15) is 5.82 Å². The number of benzene rings is 1. The quantitative estimate of drug-likeness (QED) is 0.705. The molecule has 0 unspecified atom stereocenters. The number of nitrogens with one attached hydrogen (secondary N) is 2. The summed E-state index contributed by atoms with van der Waals surface area (Å²) in [5.74, 6) is 1.56. The Morgan fingerprint density at radius 1 is 1.20 bits per heavy atom. The van der Waals surface area contributed by atoms with Gasteiger partial charge in [0.15, 0.2) is 5.16 Å². The number of para-hydroxylation sites is 2. The largest absolute Gasteiger partial charge is 0.369 e. The molecule has 0 aliphatic heterocycles. The van der Waals surface area contributed by atoms with Crippen molar-refractivity contribution in [3.05, 3.63) is 42.4 Å². The van der Waals surface area contributed by atoms with Gasteiger partial charge in [-0.05, 0) is 19.1 Å². The molecule has 102 valence electrons. The number of H-pyrrole nitrogens is 1. The lowest BCUT2D eigenvalue weighted by Crippen LogP contribution is -2.00. The lowest BCUT2D eigenvalue weighted by Gasteiger charge is -2.02. The second-order valence-electron chi connectivity index (χ2n) is 4.27. The van der Waals surface area contributed by atoms with E-state index in [-0.39, 0.29) is 0 Å². The molecule has 3 rings (SSSR count). The van der Waals surface area contributed by atoms with E-state index >= 15 is 0 Å². The summed E-state index contributed by atoms with van der Waals surface area (Å²) in [4.78, 5) is 16.5. The fourth-order valence-electron chi connectivity index (χ4n) is 1.84. The molecule has 6 heteroatoms. The first kappa shape index (κ1) is 12.9. The van der Waals surface area contributed by atoms with Crippen LogP contribution in [0.2, 0.25) is 0 Å². The highest BCUT2D eigenvalue weighted by molar-refractivity contribution is 7.98. The monoisotopic (exact) mass is 285 g/mol. The van der Waals surface area contributed by atoms with E-state index in [4.69, 9.17) is 0 Å². The molecule has 0 aliphatic carbocycles. The first-order valence-corrected chi connectivity index (χ1v) is 7.46. The maximum absolute atomic E-state index is 4.52. The summed E-state index contributed by atoms with van der Waals surface area (Å²) < 4.78 is 0. The van der Waals surface area contributed by atoms with Gasteiger partial charge < -0.3 is 10.3 Å². The molecule has 0 fully saturated rings. The minimum atomic E-state index is 0.749. The van der Waals surface area contributed by atoms with Crippen molar-refractivity contribution >= 4 is 28.6 Å². The number of imidazole rings is 1. The number of hydrogen-bond donors (Lipinski definition) is 2. The zero-order chi connectivity index (χ0) is 13.8. The molecule has 2 heterocycles. The Morgan fingerprint density at radius 3 is 2.85 bits per heavy atom. The Kier molecular flexibility index (Phi) is 3.83. The third kappa shape index (κ3) is 2.91. The highest BCUT2D eigenvalue weighted by atomic mass is 32.2. The molecule has 2 aromatic heterocycles. The van der Waals surface area contributed by atoms with Crippen LogP contribution in [0.3, 0.4) is 0 Å². The van der Waals surface area contributed by atoms with Crippen molar-refractivity contribution in [1.29, 1.82) is 0 Å². The molecule has 0 atom stereocenters. The van der Waals surface area contributed by atoms with Gasteiger partial charge in [0, 0.05) is 12.3 Å². The topological polar surface area (TPSA) is 66.5 Å². The molecule has 0 saturated heterocycles. The molecule has 1 aromatic carbocycles. The Bertz CT molecular complexity index is 659. The van der Waals surface area contributed by atoms with Gasteiger partial charge in [0.2, 0.25) is 0 Å². The molecule has 0 spiro atoms. The van der Waals surface area contributed by atoms with Crippen molar-refractivity contribution in [2.75, 3.05) is 11.9 Å². The summed E-state index contributed by atoms with van der Waals surface area (Å²) in [6.07, 6.45) is 3.56. The second-order valence-corrected chi connectivity index (χ2v) is 5.24. The Labute approximate surface area is 121 Å². The molecule has 0 amide bonds. The van der Waals surface area contributed by atoms with Gasteiger partial charge in [-0.1, -0.05) is 23.9 Å². The third-order valence-electron chi connectivity index (χ3n) is 2.79. The summed E-state index contributed by atoms with van der Waals surface area (Å²) in [6, 6.07) is 8.01. The summed E-state index contributed by atoms with van der Waals surface area (Å²) in [6.45, 7) is 2.88. The van der Waals surface area contributed by atoms with Crippen molar-refractivity contribution in [3.63, 3.8) is 0 Å². The number of rotatable bonds is 5. The zero-order valence-electron chi connectivity index (χ0n) is 11.1. The first-order chi connectivity index (χ1) is 9.85. The Balaban J connectivity index is 1.66. The number of aromatic nitrogens is 4. The summed E-state index contributed by atoms with van der Waals surface area (Å²) in [7, 11) is 0. The van der Waals surface area contributed by atoms with Gasteiger partial charge in [-0.15, -0.1) is 0 Å². The molecule has 0 radical (unpaired) electrons. The van der Waals surface area contributed by atoms with E-state index < -0.39 is 0 Å². The van der Waals surface area contributed by atoms with Crippen LogP contribution in [0.5, 0.6) is 0 Å². The van der Waals surface area contributed by atoms with E-state index in [1.165, 1.54) is 0 Å². The summed E-state index contributed by atoms with van der Waals surface area (Å²) in [5, 5.41) is 4.03. The average Bonchev–Trinajstić information content (AvgIpc) is 2.90. The highest BCUT2D eigenvalue weighted by Crippen LogP contribution is 2.22. The van der Waals surface area contributed by atoms with Gasteiger partial charge in [-0.2, -0.15) is 0 Å². The first-order valence-electron chi connectivity index (χ1n) is 6.47. The van der Waals surface area contributed by atoms with Gasteiger partial charge in [-0.25, -0.2) is 9.97 Å². The summed E-state index contributed by atoms with van der Waals surface area (Å²) in [5.41, 5.74) is 2.99. The van der Waals surface area contributed by atoms with Gasteiger partial charge in [-0.3, -0.25) is 4.98 Å². The number of hydrogen-bond acceptors (Lipinski definition) is 5. The van der Waals surface area contributed by atoms with E-state index in [1.807, 2.05) is 31.2 Å². The van der Waals surface area contributed by atoms with Crippen LogP contribution in [-0.4, -0.2) is 26.5 Å². The Hall–Kier alpha value is -2.08. The van der Waals surface area contributed by atoms with E-state index in [9.17, 15) is 0 Å². The van der Waals surface area contributed by atoms with E-state index in [0.717, 1.165) is 40.0 Å². The van der Waals surface area contributed by atoms with Crippen LogP contribution in [0.1, 0.15) is 12.6 Å². The molecule has 0 bridgehead atoms. The smallest absolute Gasteiger partial charge is 0.166 e. The van der Waals surface area contributed by atoms with Crippen molar-refractivity contribution in [2.24, 2.45) is 0 Å². The van der Waals surface area contributed by atoms with Gasteiger partial charge >= 0.3 is 0 Å². The fourth-order valence-corrected chi connectivity index (χ4v) is 2.62. The molecular weight excluding hydrogens is 270 g/mol. The third-order valence-corrected chi connectivity index (χ3v) is 3.69. The fraction of sp³-hybridized carbons (Fsp3) is 0.214. The van der Waals surface area contributed by atoms with Gasteiger partial charge in [0.25, 0.3) is 0 Å². The van der Waals surface area contributed by atoms with Crippen molar-refractivity contribution in [3.8, 4) is 0 Å². The second kappa shape index (κ2) is 5.92. The Morgan fingerprint density at radius 2 is 2.10 bits per heavy atom. The van der Waals surface area contributed by atoms with E-state index in [1.54, 1.807) is 24.2 Å². The highest BCUT2D eigenvalue weighted by Gasteiger charge is 2.04. The molecule has 2 N–H and O–H groups in total. The van der Waals surface area contributed by atoms with Crippen LogP contribution in [0, 0.1) is 0 Å². The van der Waals surface area contributed by atoms with Crippen LogP contribution in [-0.2, 0) is 5.75 Å². The SMILES string of the molecule is CCNc1cnc(CSc2nc3ccccc3[nH]2)cn1. The normalized spacial score (nSPS) is 10.8. The van der Waals surface area contributed by atoms with Crippen LogP contribution >= 0.6 is 11.8 Å². The average molecular weight is 285 g/mol. The predicted molar refractivity (Wildman–Crippen MR) is 81.9 cm³/mol. The number of nitrogens with zero attached hydrogens (tertiary/aromatic N) is 3. The predicted octanol–water partition coefficient (Wildman–Crippen LogP) is 3.08. The number of aromatic amines is 1. The molecule has 0 saturated carbocycles. The van der Waals surface area contributed by atoms with Crippen molar-refractivity contribution in [2.45, 2.75) is 17.8 Å². The standard InChI is InChI=1S/C14H15N5S/c1-2-15-13-8-16-10(7-17-13)9-20-14-18-11-5-3-4-6-12(11)19-14/h3-8H,2,9H2,1H3,(H,15,17)(H,18,19). The molecule has 5 nitrogen and oxygen atoms in total. The molecule has 0 aliphatic rings. The zero-order valence-corrected chi connectivity index (χ0v) is 11.9. The van der Waals surface area contributed by atoms with Crippen molar-refractivity contribution < 1.29 is 0 Å². The van der Waals surface area contributed by atoms with Crippen LogP contribution in [0.25, 0.3) is 11.0 Å². The van der Waals surface area contributed by atoms with Crippen molar-refractivity contribution in [1.82, 2.24) is 19.9 Å². The maximum atomic E-state index is 4.52. The summed E-state index contributed by atoms with van der Waals surface area (Å²) >= 11 is 1.63. The van der Waals surface area contributed by atoms with Crippen LogP contribution in [0.15, 0.2) is 41.8 Å². The minimum Gasteiger partial charge on any atom is -0.369 e. The molecule has 20 heavy (non-hydrogen) atoms. The number of fused-ring (bicyclic) bond motifs is 1. The minimum absolute atomic E-state index is 0.749. The van der Waals surface area contributed by atoms with Gasteiger partial charge in [0.05, 0.1) is 29.1 Å². The number of anilines is 1. The lowest BCUT2D eigenvalue weighted by molar-refractivity contribution is 1.05. The van der Waals surface area contributed by atoms with E-state index in [2.05, 4.69) is 25.3 Å². The van der Waals surface area contributed by atoms with Crippen LogP contribution in [0.4, 0.5) is 5.82 Å². The van der Waals surface area contributed by atoms with E-state index in [0.29, 0.717) is 0 Å². The molecule has 3 aromatic rings. The molecular formula is C14H15N5S. The maximum Gasteiger partial charge on any atom is 0.166 e. The lowest BCUT2D eigenvalue weighted by atomic mass is 10.3. The number of thioether (sulfide) groups is 1. The van der Waals surface area contributed by atoms with Crippen LogP contribution < -0.4 is 5.32 Å².